The van der Waals surface area contributed by atoms with Gasteiger partial charge < -0.3 is 15.2 Å². The van der Waals surface area contributed by atoms with Gasteiger partial charge in [-0.3, -0.25) is 9.59 Å². The highest BCUT2D eigenvalue weighted by Gasteiger charge is 2.32. The van der Waals surface area contributed by atoms with Crippen LogP contribution in [0.5, 0.6) is 0 Å². The fraction of sp³-hybridized carbons (Fsp3) is 0.500. The van der Waals surface area contributed by atoms with Gasteiger partial charge in [0.05, 0.1) is 5.25 Å². The van der Waals surface area contributed by atoms with Crippen molar-refractivity contribution in [2.45, 2.75) is 56.5 Å². The zero-order chi connectivity index (χ0) is 20.1. The van der Waals surface area contributed by atoms with Crippen LogP contribution in [0.4, 0.5) is 5.69 Å². The SMILES string of the molecule is CC(C)Cn1c(CCC(N)=O)nnc1SC1CCCN(c2ccccc2)C1=O. The van der Waals surface area contributed by atoms with E-state index in [9.17, 15) is 9.59 Å². The van der Waals surface area contributed by atoms with Crippen molar-refractivity contribution in [3.05, 3.63) is 36.2 Å². The third kappa shape index (κ3) is 4.92. The van der Waals surface area contributed by atoms with E-state index in [0.717, 1.165) is 42.6 Å². The maximum atomic E-state index is 13.1. The van der Waals surface area contributed by atoms with Crippen molar-refractivity contribution in [3.63, 3.8) is 0 Å². The second-order valence-electron chi connectivity index (χ2n) is 7.44. The van der Waals surface area contributed by atoms with E-state index in [2.05, 4.69) is 24.0 Å². The van der Waals surface area contributed by atoms with E-state index >= 15 is 0 Å². The summed E-state index contributed by atoms with van der Waals surface area (Å²) in [5.74, 6) is 0.901. The highest BCUT2D eigenvalue weighted by atomic mass is 32.2. The van der Waals surface area contributed by atoms with E-state index in [1.807, 2.05) is 39.8 Å². The van der Waals surface area contributed by atoms with Crippen LogP contribution >= 0.6 is 11.8 Å². The summed E-state index contributed by atoms with van der Waals surface area (Å²) >= 11 is 1.48. The minimum atomic E-state index is -0.353. The number of nitrogens with two attached hydrogens (primary N) is 1. The molecule has 3 rings (SSSR count). The summed E-state index contributed by atoms with van der Waals surface area (Å²) in [6.07, 6.45) is 2.47. The summed E-state index contributed by atoms with van der Waals surface area (Å²) in [6.45, 7) is 5.72. The van der Waals surface area contributed by atoms with Gasteiger partial charge in [0.2, 0.25) is 11.8 Å². The molecule has 2 aromatic rings. The van der Waals surface area contributed by atoms with Gasteiger partial charge in [-0.2, -0.15) is 0 Å². The third-order valence-electron chi connectivity index (χ3n) is 4.64. The van der Waals surface area contributed by atoms with E-state index < -0.39 is 0 Å². The summed E-state index contributed by atoms with van der Waals surface area (Å²) in [7, 11) is 0. The van der Waals surface area contributed by atoms with Crippen LogP contribution in [-0.4, -0.2) is 38.4 Å². The van der Waals surface area contributed by atoms with Gasteiger partial charge in [0.1, 0.15) is 5.82 Å². The average Bonchev–Trinajstić information content (AvgIpc) is 3.03. The van der Waals surface area contributed by atoms with E-state index in [1.165, 1.54) is 11.8 Å². The van der Waals surface area contributed by atoms with Gasteiger partial charge in [-0.05, 0) is 30.9 Å². The van der Waals surface area contributed by atoms with Crippen LogP contribution in [0, 0.1) is 5.92 Å². The average molecular weight is 402 g/mol. The largest absolute Gasteiger partial charge is 0.370 e. The first kappa shape index (κ1) is 20.4. The normalized spacial score (nSPS) is 17.3. The molecule has 0 aliphatic carbocycles. The highest BCUT2D eigenvalue weighted by molar-refractivity contribution is 8.00. The van der Waals surface area contributed by atoms with Crippen LogP contribution in [0.15, 0.2) is 35.5 Å². The maximum Gasteiger partial charge on any atom is 0.240 e. The summed E-state index contributed by atoms with van der Waals surface area (Å²) in [6, 6.07) is 9.78. The minimum Gasteiger partial charge on any atom is -0.370 e. The van der Waals surface area contributed by atoms with Crippen molar-refractivity contribution in [3.8, 4) is 0 Å². The lowest BCUT2D eigenvalue weighted by Gasteiger charge is -2.31. The number of benzene rings is 1. The van der Waals surface area contributed by atoms with Crippen LogP contribution in [0.25, 0.3) is 0 Å². The molecule has 1 aliphatic rings. The van der Waals surface area contributed by atoms with E-state index in [1.54, 1.807) is 0 Å². The van der Waals surface area contributed by atoms with Gasteiger partial charge >= 0.3 is 0 Å². The molecule has 7 nitrogen and oxygen atoms in total. The molecule has 1 atom stereocenters. The van der Waals surface area contributed by atoms with E-state index in [-0.39, 0.29) is 23.5 Å². The Morgan fingerprint density at radius 3 is 2.71 bits per heavy atom. The molecule has 0 spiro atoms. The number of hydrogen-bond donors (Lipinski definition) is 1. The molecule has 150 valence electrons. The first-order valence-corrected chi connectivity index (χ1v) is 10.6. The first-order chi connectivity index (χ1) is 13.5. The summed E-state index contributed by atoms with van der Waals surface area (Å²) in [4.78, 5) is 26.1. The molecule has 8 heteroatoms. The summed E-state index contributed by atoms with van der Waals surface area (Å²) < 4.78 is 2.03. The molecule has 2 N–H and O–H groups in total. The molecule has 1 aliphatic heterocycles. The van der Waals surface area contributed by atoms with Crippen molar-refractivity contribution >= 4 is 29.3 Å². The number of aryl methyl sites for hydroxylation is 1. The van der Waals surface area contributed by atoms with E-state index in [4.69, 9.17) is 5.73 Å². The Kier molecular flexibility index (Phi) is 6.72. The smallest absolute Gasteiger partial charge is 0.240 e. The number of anilines is 1. The molecule has 0 saturated carbocycles. The van der Waals surface area contributed by atoms with Crippen LogP contribution in [-0.2, 0) is 22.6 Å². The standard InChI is InChI=1S/C20H27N5O2S/c1-14(2)13-25-18(11-10-17(21)26)22-23-20(25)28-16-9-6-12-24(19(16)27)15-7-4-3-5-8-15/h3-5,7-8,14,16H,6,9-13H2,1-2H3,(H2,21,26). The number of primary amides is 1. The molecule has 1 fully saturated rings. The number of para-hydroxylation sites is 1. The van der Waals surface area contributed by atoms with Crippen LogP contribution < -0.4 is 10.6 Å². The first-order valence-electron chi connectivity index (χ1n) is 9.69. The number of nitrogens with zero attached hydrogens (tertiary/aromatic N) is 4. The molecule has 1 unspecified atom stereocenters. The molecule has 1 aromatic heterocycles. The van der Waals surface area contributed by atoms with Gasteiger partial charge in [0.15, 0.2) is 5.16 Å². The second-order valence-corrected chi connectivity index (χ2v) is 8.61. The third-order valence-corrected chi connectivity index (χ3v) is 5.88. The minimum absolute atomic E-state index is 0.111. The zero-order valence-electron chi connectivity index (χ0n) is 16.4. The lowest BCUT2D eigenvalue weighted by atomic mass is 10.1. The van der Waals surface area contributed by atoms with Crippen LogP contribution in [0.3, 0.4) is 0 Å². The molecule has 1 saturated heterocycles. The van der Waals surface area contributed by atoms with Crippen molar-refractivity contribution in [2.75, 3.05) is 11.4 Å². The predicted octanol–water partition coefficient (Wildman–Crippen LogP) is 2.64. The second kappa shape index (κ2) is 9.23. The van der Waals surface area contributed by atoms with Crippen molar-refractivity contribution < 1.29 is 9.59 Å². The molecular formula is C20H27N5O2S. The van der Waals surface area contributed by atoms with Crippen molar-refractivity contribution in [1.82, 2.24) is 14.8 Å². The molecule has 0 bridgehead atoms. The predicted molar refractivity (Wildman–Crippen MR) is 110 cm³/mol. The molecular weight excluding hydrogens is 374 g/mol. The fourth-order valence-electron chi connectivity index (χ4n) is 3.32. The maximum absolute atomic E-state index is 13.1. The molecule has 28 heavy (non-hydrogen) atoms. The zero-order valence-corrected chi connectivity index (χ0v) is 17.2. The molecule has 0 radical (unpaired) electrons. The lowest BCUT2D eigenvalue weighted by molar-refractivity contribution is -0.119. The topological polar surface area (TPSA) is 94.1 Å². The van der Waals surface area contributed by atoms with Gasteiger partial charge in [-0.25, -0.2) is 0 Å². The molecule has 1 aromatic carbocycles. The number of amides is 2. The number of carbonyl (C=O) groups excluding carboxylic acids is 2. The van der Waals surface area contributed by atoms with Crippen molar-refractivity contribution in [1.29, 1.82) is 0 Å². The number of aromatic nitrogens is 3. The number of carbonyl (C=O) groups is 2. The number of rotatable bonds is 8. The number of piperidine rings is 1. The Balaban J connectivity index is 1.78. The Hall–Kier alpha value is -2.35. The fourth-order valence-corrected chi connectivity index (χ4v) is 4.48. The lowest BCUT2D eigenvalue weighted by Crippen LogP contribution is -2.43. The van der Waals surface area contributed by atoms with E-state index in [0.29, 0.717) is 12.3 Å². The van der Waals surface area contributed by atoms with Crippen LogP contribution in [0.2, 0.25) is 0 Å². The molecule has 2 heterocycles. The van der Waals surface area contributed by atoms with Gasteiger partial charge in [0.25, 0.3) is 0 Å². The Morgan fingerprint density at radius 2 is 2.04 bits per heavy atom. The monoisotopic (exact) mass is 401 g/mol. The Bertz CT molecular complexity index is 821. The van der Waals surface area contributed by atoms with Gasteiger partial charge in [0, 0.05) is 31.6 Å². The van der Waals surface area contributed by atoms with Gasteiger partial charge in [-0.1, -0.05) is 43.8 Å². The summed E-state index contributed by atoms with van der Waals surface area (Å²) in [5, 5.41) is 9.15. The Morgan fingerprint density at radius 1 is 1.29 bits per heavy atom. The highest BCUT2D eigenvalue weighted by Crippen LogP contribution is 2.32. The summed E-state index contributed by atoms with van der Waals surface area (Å²) in [5.41, 5.74) is 6.22. The Labute approximate surface area is 169 Å². The number of thioether (sulfide) groups is 1. The quantitative estimate of drug-likeness (QED) is 0.734. The van der Waals surface area contributed by atoms with Crippen LogP contribution in [0.1, 0.15) is 38.9 Å². The van der Waals surface area contributed by atoms with Crippen molar-refractivity contribution in [2.24, 2.45) is 11.7 Å². The number of hydrogen-bond acceptors (Lipinski definition) is 5. The van der Waals surface area contributed by atoms with Gasteiger partial charge in [-0.15, -0.1) is 10.2 Å². The molecule has 2 amide bonds.